The van der Waals surface area contributed by atoms with Crippen molar-refractivity contribution >= 4 is 11.4 Å². The van der Waals surface area contributed by atoms with Crippen molar-refractivity contribution in [3.63, 3.8) is 0 Å². The highest BCUT2D eigenvalue weighted by Crippen LogP contribution is 2.34. The molecule has 6 nitrogen and oxygen atoms in total. The minimum atomic E-state index is -0.476. The van der Waals surface area contributed by atoms with Crippen LogP contribution >= 0.6 is 0 Å². The second-order valence-electron chi connectivity index (χ2n) is 4.38. The smallest absolute Gasteiger partial charge is 0.269 e. The lowest BCUT2D eigenvalue weighted by molar-refractivity contribution is -0.384. The molecule has 1 aromatic carbocycles. The molecular formula is C12H16N2O4. The quantitative estimate of drug-likeness (QED) is 0.583. The summed E-state index contributed by atoms with van der Waals surface area (Å²) in [6, 6.07) is 4.85. The molecule has 1 aromatic rings. The molecule has 0 aromatic heterocycles. The molecule has 0 spiro atoms. The average molecular weight is 252 g/mol. The Balaban J connectivity index is 2.32. The van der Waals surface area contributed by atoms with Gasteiger partial charge in [0.25, 0.3) is 5.69 Å². The summed E-state index contributed by atoms with van der Waals surface area (Å²) in [5.41, 5.74) is 1.28. The molecule has 1 fully saturated rings. The normalized spacial score (nSPS) is 14.6. The van der Waals surface area contributed by atoms with Gasteiger partial charge in [-0.2, -0.15) is 0 Å². The zero-order chi connectivity index (χ0) is 13.1. The minimum Gasteiger partial charge on any atom is -0.395 e. The third kappa shape index (κ3) is 2.60. The van der Waals surface area contributed by atoms with Crippen molar-refractivity contribution in [2.24, 2.45) is 0 Å². The van der Waals surface area contributed by atoms with Crippen LogP contribution in [-0.4, -0.2) is 34.3 Å². The Kier molecular flexibility index (Phi) is 3.78. The summed E-state index contributed by atoms with van der Waals surface area (Å²) in [5, 5.41) is 29.1. The molecule has 98 valence electrons. The summed E-state index contributed by atoms with van der Waals surface area (Å²) in [7, 11) is 0. The molecule has 0 radical (unpaired) electrons. The number of anilines is 1. The van der Waals surface area contributed by atoms with E-state index in [0.717, 1.165) is 18.5 Å². The van der Waals surface area contributed by atoms with E-state index >= 15 is 0 Å². The number of nitrogens with zero attached hydrogens (tertiary/aromatic N) is 2. The van der Waals surface area contributed by atoms with Gasteiger partial charge in [-0.15, -0.1) is 0 Å². The number of hydrogen-bond donors (Lipinski definition) is 2. The fraction of sp³-hybridized carbons (Fsp3) is 0.500. The van der Waals surface area contributed by atoms with Crippen molar-refractivity contribution in [1.29, 1.82) is 0 Å². The van der Waals surface area contributed by atoms with Crippen LogP contribution in [0.2, 0.25) is 0 Å². The highest BCUT2D eigenvalue weighted by Gasteiger charge is 2.30. The number of nitro groups is 1. The number of nitro benzene ring substituents is 1. The maximum Gasteiger partial charge on any atom is 0.269 e. The first-order valence-corrected chi connectivity index (χ1v) is 5.93. The fourth-order valence-corrected chi connectivity index (χ4v) is 2.09. The zero-order valence-corrected chi connectivity index (χ0v) is 9.95. The Morgan fingerprint density at radius 1 is 1.39 bits per heavy atom. The topological polar surface area (TPSA) is 86.8 Å². The molecule has 1 aliphatic rings. The zero-order valence-electron chi connectivity index (χ0n) is 9.95. The van der Waals surface area contributed by atoms with Crippen LogP contribution in [0.5, 0.6) is 0 Å². The van der Waals surface area contributed by atoms with Crippen molar-refractivity contribution in [1.82, 2.24) is 0 Å². The molecule has 0 amide bonds. The number of non-ortho nitro benzene ring substituents is 1. The summed E-state index contributed by atoms with van der Waals surface area (Å²) in [6.07, 6.45) is 2.11. The highest BCUT2D eigenvalue weighted by atomic mass is 16.6. The van der Waals surface area contributed by atoms with Crippen LogP contribution in [0.1, 0.15) is 18.4 Å². The Hall–Kier alpha value is -1.66. The standard InChI is InChI=1S/C12H16N2O4/c15-6-5-13(10-1-2-10)12-4-3-11(14(17)18)7-9(12)8-16/h3-4,7,10,15-16H,1-2,5-6,8H2. The van der Waals surface area contributed by atoms with Gasteiger partial charge >= 0.3 is 0 Å². The Bertz CT molecular complexity index is 446. The molecule has 2 rings (SSSR count). The lowest BCUT2D eigenvalue weighted by Gasteiger charge is -2.25. The van der Waals surface area contributed by atoms with Gasteiger partial charge in [-0.25, -0.2) is 0 Å². The molecule has 1 saturated carbocycles. The van der Waals surface area contributed by atoms with E-state index in [1.807, 2.05) is 4.90 Å². The van der Waals surface area contributed by atoms with Gasteiger partial charge in [-0.3, -0.25) is 10.1 Å². The molecule has 0 saturated heterocycles. The van der Waals surface area contributed by atoms with Crippen molar-refractivity contribution in [3.05, 3.63) is 33.9 Å². The van der Waals surface area contributed by atoms with Gasteiger partial charge in [0.2, 0.25) is 0 Å². The first kappa shape index (κ1) is 12.8. The predicted octanol–water partition coefficient (Wildman–Crippen LogP) is 1.05. The van der Waals surface area contributed by atoms with E-state index in [1.54, 1.807) is 6.07 Å². The van der Waals surface area contributed by atoms with E-state index in [2.05, 4.69) is 0 Å². The van der Waals surface area contributed by atoms with Gasteiger partial charge in [0.15, 0.2) is 0 Å². The van der Waals surface area contributed by atoms with Gasteiger partial charge in [0.1, 0.15) is 0 Å². The first-order chi connectivity index (χ1) is 8.67. The van der Waals surface area contributed by atoms with Crippen molar-refractivity contribution < 1.29 is 15.1 Å². The van der Waals surface area contributed by atoms with Gasteiger partial charge in [0, 0.05) is 36.0 Å². The van der Waals surface area contributed by atoms with Crippen LogP contribution in [-0.2, 0) is 6.61 Å². The van der Waals surface area contributed by atoms with Crippen molar-refractivity contribution in [2.45, 2.75) is 25.5 Å². The first-order valence-electron chi connectivity index (χ1n) is 5.93. The highest BCUT2D eigenvalue weighted by molar-refractivity contribution is 5.59. The number of rotatable bonds is 6. The van der Waals surface area contributed by atoms with Crippen molar-refractivity contribution in [3.8, 4) is 0 Å². The van der Waals surface area contributed by atoms with Gasteiger partial charge < -0.3 is 15.1 Å². The third-order valence-corrected chi connectivity index (χ3v) is 3.08. The number of aliphatic hydroxyl groups is 2. The molecule has 0 heterocycles. The van der Waals surface area contributed by atoms with E-state index in [4.69, 9.17) is 5.11 Å². The van der Waals surface area contributed by atoms with E-state index in [0.29, 0.717) is 18.2 Å². The van der Waals surface area contributed by atoms with Crippen LogP contribution in [0.4, 0.5) is 11.4 Å². The average Bonchev–Trinajstić information content (AvgIpc) is 3.19. The lowest BCUT2D eigenvalue weighted by atomic mass is 10.1. The summed E-state index contributed by atoms with van der Waals surface area (Å²) >= 11 is 0. The maximum atomic E-state index is 10.7. The third-order valence-electron chi connectivity index (χ3n) is 3.08. The van der Waals surface area contributed by atoms with Gasteiger partial charge in [-0.05, 0) is 18.9 Å². The monoisotopic (exact) mass is 252 g/mol. The van der Waals surface area contributed by atoms with Crippen molar-refractivity contribution in [2.75, 3.05) is 18.1 Å². The molecular weight excluding hydrogens is 236 g/mol. The molecule has 1 aliphatic carbocycles. The van der Waals surface area contributed by atoms with E-state index in [1.165, 1.54) is 12.1 Å². The van der Waals surface area contributed by atoms with Gasteiger partial charge in [-0.1, -0.05) is 0 Å². The maximum absolute atomic E-state index is 10.7. The summed E-state index contributed by atoms with van der Waals surface area (Å²) in [5.74, 6) is 0. The molecule has 0 atom stereocenters. The summed E-state index contributed by atoms with van der Waals surface area (Å²) < 4.78 is 0. The summed E-state index contributed by atoms with van der Waals surface area (Å²) in [6.45, 7) is 0.263. The van der Waals surface area contributed by atoms with Crippen LogP contribution in [0, 0.1) is 10.1 Å². The predicted molar refractivity (Wildman–Crippen MR) is 66.5 cm³/mol. The van der Waals surface area contributed by atoms with Crippen LogP contribution in [0.3, 0.4) is 0 Å². The Morgan fingerprint density at radius 2 is 2.11 bits per heavy atom. The Labute approximate surface area is 105 Å². The second kappa shape index (κ2) is 5.32. The number of hydrogen-bond acceptors (Lipinski definition) is 5. The van der Waals surface area contributed by atoms with E-state index < -0.39 is 4.92 Å². The molecule has 6 heteroatoms. The lowest BCUT2D eigenvalue weighted by Crippen LogP contribution is -2.29. The second-order valence-corrected chi connectivity index (χ2v) is 4.38. The largest absolute Gasteiger partial charge is 0.395 e. The van der Waals surface area contributed by atoms with Crippen LogP contribution in [0.25, 0.3) is 0 Å². The summed E-state index contributed by atoms with van der Waals surface area (Å²) in [4.78, 5) is 12.2. The minimum absolute atomic E-state index is 0.0254. The van der Waals surface area contributed by atoms with Crippen LogP contribution < -0.4 is 4.90 Å². The number of aliphatic hydroxyl groups excluding tert-OH is 2. The van der Waals surface area contributed by atoms with Gasteiger partial charge in [0.05, 0.1) is 18.1 Å². The molecule has 0 bridgehead atoms. The molecule has 2 N–H and O–H groups in total. The fourth-order valence-electron chi connectivity index (χ4n) is 2.09. The molecule has 0 unspecified atom stereocenters. The molecule has 18 heavy (non-hydrogen) atoms. The number of benzene rings is 1. The van der Waals surface area contributed by atoms with E-state index in [-0.39, 0.29) is 18.9 Å². The Morgan fingerprint density at radius 3 is 2.61 bits per heavy atom. The SMILES string of the molecule is O=[N+]([O-])c1ccc(N(CCO)C2CC2)c(CO)c1. The van der Waals surface area contributed by atoms with Crippen LogP contribution in [0.15, 0.2) is 18.2 Å². The molecule has 0 aliphatic heterocycles. The van der Waals surface area contributed by atoms with E-state index in [9.17, 15) is 15.2 Å².